The van der Waals surface area contributed by atoms with Crippen molar-refractivity contribution in [3.63, 3.8) is 0 Å². The topological polar surface area (TPSA) is 44.8 Å². The zero-order valence-electron chi connectivity index (χ0n) is 11.6. The Kier molecular flexibility index (Phi) is 3.47. The molecule has 5 heteroatoms. The molecule has 0 spiro atoms. The zero-order valence-corrected chi connectivity index (χ0v) is 12.3. The molecule has 0 fully saturated rings. The molecule has 1 aliphatic rings. The monoisotopic (exact) mass is 304 g/mol. The van der Waals surface area contributed by atoms with E-state index < -0.39 is 6.10 Å². The van der Waals surface area contributed by atoms with Crippen molar-refractivity contribution in [2.24, 2.45) is 0 Å². The molecule has 108 valence electrons. The summed E-state index contributed by atoms with van der Waals surface area (Å²) >= 11 is 6.21. The van der Waals surface area contributed by atoms with Crippen LogP contribution in [0.2, 0.25) is 5.02 Å². The van der Waals surface area contributed by atoms with Crippen molar-refractivity contribution < 1.29 is 19.0 Å². The minimum Gasteiger partial charge on any atom is -0.497 e. The molecule has 2 aromatic carbocycles. The Morgan fingerprint density at radius 3 is 2.57 bits per heavy atom. The van der Waals surface area contributed by atoms with Gasteiger partial charge in [0.05, 0.1) is 24.8 Å². The lowest BCUT2D eigenvalue weighted by molar-refractivity contribution is 0.0452. The van der Waals surface area contributed by atoms with Crippen LogP contribution < -0.4 is 9.47 Å². The number of hydrogen-bond donors (Lipinski definition) is 0. The highest BCUT2D eigenvalue weighted by molar-refractivity contribution is 6.32. The molecule has 0 bridgehead atoms. The molecule has 2 aromatic rings. The van der Waals surface area contributed by atoms with Gasteiger partial charge in [-0.1, -0.05) is 29.8 Å². The SMILES string of the molecule is COc1cc(Cl)c(OC)c(C2OC(=O)c3ccccc32)c1. The van der Waals surface area contributed by atoms with E-state index in [1.807, 2.05) is 12.1 Å². The highest BCUT2D eigenvalue weighted by Crippen LogP contribution is 2.44. The summed E-state index contributed by atoms with van der Waals surface area (Å²) in [6.07, 6.45) is -0.545. The van der Waals surface area contributed by atoms with Gasteiger partial charge in [0.15, 0.2) is 6.10 Å². The second-order valence-corrected chi connectivity index (χ2v) is 5.01. The maximum absolute atomic E-state index is 12.0. The van der Waals surface area contributed by atoms with Crippen molar-refractivity contribution >= 4 is 17.6 Å². The molecule has 0 aromatic heterocycles. The number of carbonyl (C=O) groups excluding carboxylic acids is 1. The Hall–Kier alpha value is -2.20. The number of methoxy groups -OCH3 is 2. The third-order valence-corrected chi connectivity index (χ3v) is 3.74. The van der Waals surface area contributed by atoms with Crippen molar-refractivity contribution in [3.8, 4) is 11.5 Å². The van der Waals surface area contributed by atoms with E-state index >= 15 is 0 Å². The van der Waals surface area contributed by atoms with Gasteiger partial charge in [0.1, 0.15) is 11.5 Å². The van der Waals surface area contributed by atoms with E-state index in [1.54, 1.807) is 31.4 Å². The molecule has 0 amide bonds. The highest BCUT2D eigenvalue weighted by atomic mass is 35.5. The average molecular weight is 305 g/mol. The van der Waals surface area contributed by atoms with Crippen molar-refractivity contribution in [1.29, 1.82) is 0 Å². The van der Waals surface area contributed by atoms with Gasteiger partial charge >= 0.3 is 5.97 Å². The van der Waals surface area contributed by atoms with E-state index in [0.717, 1.165) is 5.56 Å². The van der Waals surface area contributed by atoms with Crippen molar-refractivity contribution in [2.75, 3.05) is 14.2 Å². The summed E-state index contributed by atoms with van der Waals surface area (Å²) in [7, 11) is 3.08. The van der Waals surface area contributed by atoms with Crippen LogP contribution >= 0.6 is 11.6 Å². The molecule has 1 aliphatic heterocycles. The molecule has 21 heavy (non-hydrogen) atoms. The van der Waals surface area contributed by atoms with Crippen LogP contribution in [0.15, 0.2) is 36.4 Å². The van der Waals surface area contributed by atoms with Gasteiger partial charge in [-0.3, -0.25) is 0 Å². The first kappa shape index (κ1) is 13.8. The lowest BCUT2D eigenvalue weighted by Gasteiger charge is -2.17. The van der Waals surface area contributed by atoms with Crippen LogP contribution in [0.4, 0.5) is 0 Å². The minimum atomic E-state index is -0.545. The van der Waals surface area contributed by atoms with Gasteiger partial charge in [-0.05, 0) is 12.1 Å². The number of esters is 1. The van der Waals surface area contributed by atoms with E-state index in [1.165, 1.54) is 7.11 Å². The smallest absolute Gasteiger partial charge is 0.339 e. The largest absolute Gasteiger partial charge is 0.497 e. The molecule has 0 saturated carbocycles. The predicted octanol–water partition coefficient (Wildman–Crippen LogP) is 3.62. The van der Waals surface area contributed by atoms with Crippen LogP contribution in [0.3, 0.4) is 0 Å². The Bertz CT molecular complexity index is 711. The minimum absolute atomic E-state index is 0.350. The van der Waals surface area contributed by atoms with E-state index in [0.29, 0.717) is 27.6 Å². The van der Waals surface area contributed by atoms with E-state index in [2.05, 4.69) is 0 Å². The second-order valence-electron chi connectivity index (χ2n) is 4.60. The standard InChI is InChI=1S/C16H13ClO4/c1-19-9-7-12(15(20-2)13(17)8-9)14-10-5-3-4-6-11(10)16(18)21-14/h3-8,14H,1-2H3. The summed E-state index contributed by atoms with van der Waals surface area (Å²) < 4.78 is 16.1. The molecular formula is C16H13ClO4. The fourth-order valence-corrected chi connectivity index (χ4v) is 2.79. The van der Waals surface area contributed by atoms with Gasteiger partial charge in [0.25, 0.3) is 0 Å². The number of benzene rings is 2. The van der Waals surface area contributed by atoms with Crippen LogP contribution in [0.1, 0.15) is 27.6 Å². The van der Waals surface area contributed by atoms with Gasteiger partial charge in [-0.15, -0.1) is 0 Å². The first-order valence-electron chi connectivity index (χ1n) is 6.37. The summed E-state index contributed by atoms with van der Waals surface area (Å²) in [5, 5.41) is 0.410. The van der Waals surface area contributed by atoms with Crippen molar-refractivity contribution in [2.45, 2.75) is 6.10 Å². The van der Waals surface area contributed by atoms with Crippen LogP contribution in [0.25, 0.3) is 0 Å². The van der Waals surface area contributed by atoms with Gasteiger partial charge in [-0.25, -0.2) is 4.79 Å². The van der Waals surface area contributed by atoms with Crippen LogP contribution in [-0.4, -0.2) is 20.2 Å². The fourth-order valence-electron chi connectivity index (χ4n) is 2.49. The number of ether oxygens (including phenoxy) is 3. The third-order valence-electron chi connectivity index (χ3n) is 3.46. The maximum Gasteiger partial charge on any atom is 0.339 e. The van der Waals surface area contributed by atoms with Gasteiger partial charge in [-0.2, -0.15) is 0 Å². The summed E-state index contributed by atoms with van der Waals surface area (Å²) in [6, 6.07) is 10.7. The lowest BCUT2D eigenvalue weighted by Crippen LogP contribution is -2.04. The molecular weight excluding hydrogens is 292 g/mol. The molecule has 0 saturated heterocycles. The van der Waals surface area contributed by atoms with Crippen molar-refractivity contribution in [1.82, 2.24) is 0 Å². The number of halogens is 1. The number of fused-ring (bicyclic) bond motifs is 1. The second kappa shape index (κ2) is 5.30. The predicted molar refractivity (Wildman–Crippen MR) is 78.3 cm³/mol. The Morgan fingerprint density at radius 2 is 1.86 bits per heavy atom. The van der Waals surface area contributed by atoms with Crippen LogP contribution in [0.5, 0.6) is 11.5 Å². The zero-order chi connectivity index (χ0) is 15.0. The number of cyclic esters (lactones) is 1. The molecule has 0 aliphatic carbocycles. The van der Waals surface area contributed by atoms with Gasteiger partial charge in [0.2, 0.25) is 0 Å². The fraction of sp³-hybridized carbons (Fsp3) is 0.188. The molecule has 1 heterocycles. The summed E-state index contributed by atoms with van der Waals surface area (Å²) in [5.41, 5.74) is 2.02. The average Bonchev–Trinajstić information content (AvgIpc) is 2.84. The Balaban J connectivity index is 2.18. The summed E-state index contributed by atoms with van der Waals surface area (Å²) in [4.78, 5) is 12.0. The number of rotatable bonds is 3. The van der Waals surface area contributed by atoms with Gasteiger partial charge in [0, 0.05) is 17.2 Å². The van der Waals surface area contributed by atoms with E-state index in [-0.39, 0.29) is 5.97 Å². The van der Waals surface area contributed by atoms with Crippen LogP contribution in [0, 0.1) is 0 Å². The first-order valence-corrected chi connectivity index (χ1v) is 6.75. The van der Waals surface area contributed by atoms with E-state index in [4.69, 9.17) is 25.8 Å². The maximum atomic E-state index is 12.0. The molecule has 4 nitrogen and oxygen atoms in total. The van der Waals surface area contributed by atoms with E-state index in [9.17, 15) is 4.79 Å². The first-order chi connectivity index (χ1) is 10.2. The Morgan fingerprint density at radius 1 is 1.10 bits per heavy atom. The Labute approximate surface area is 127 Å². The third kappa shape index (κ3) is 2.21. The normalized spacial score (nSPS) is 16.3. The molecule has 1 atom stereocenters. The van der Waals surface area contributed by atoms with Crippen molar-refractivity contribution in [3.05, 3.63) is 58.1 Å². The van der Waals surface area contributed by atoms with Crippen LogP contribution in [-0.2, 0) is 4.74 Å². The molecule has 1 unspecified atom stereocenters. The number of carbonyl (C=O) groups is 1. The molecule has 3 rings (SSSR count). The summed E-state index contributed by atoms with van der Waals surface area (Å²) in [5.74, 6) is 0.708. The summed E-state index contributed by atoms with van der Waals surface area (Å²) in [6.45, 7) is 0. The highest BCUT2D eigenvalue weighted by Gasteiger charge is 2.34. The van der Waals surface area contributed by atoms with Gasteiger partial charge < -0.3 is 14.2 Å². The lowest BCUT2D eigenvalue weighted by atomic mass is 9.98. The quantitative estimate of drug-likeness (QED) is 0.813. The number of hydrogen-bond acceptors (Lipinski definition) is 4. The molecule has 0 radical (unpaired) electrons. The molecule has 0 N–H and O–H groups in total.